The van der Waals surface area contributed by atoms with E-state index in [-0.39, 0.29) is 5.56 Å². The molecule has 1 heterocycles. The lowest BCUT2D eigenvalue weighted by molar-refractivity contribution is 0.0696. The maximum atomic E-state index is 11.0. The molecule has 0 atom stereocenters. The summed E-state index contributed by atoms with van der Waals surface area (Å²) in [5, 5.41) is 10.9. The van der Waals surface area contributed by atoms with E-state index >= 15 is 0 Å². The second kappa shape index (κ2) is 4.28. The Morgan fingerprint density at radius 3 is 2.88 bits per heavy atom. The minimum absolute atomic E-state index is 0.250. The van der Waals surface area contributed by atoms with Crippen molar-refractivity contribution in [3.8, 4) is 11.3 Å². The predicted molar refractivity (Wildman–Crippen MR) is 64.6 cm³/mol. The highest BCUT2D eigenvalue weighted by Gasteiger charge is 2.13. The molecule has 1 aromatic carbocycles. The van der Waals surface area contributed by atoms with Crippen molar-refractivity contribution in [1.82, 2.24) is 4.98 Å². The van der Waals surface area contributed by atoms with E-state index in [2.05, 4.69) is 11.6 Å². The molecule has 2 aromatic rings. The Hall–Kier alpha value is -1.94. The molecule has 1 N–H and O–H groups in total. The monoisotopic (exact) mass is 231 g/mol. The molecule has 0 amide bonds. The van der Waals surface area contributed by atoms with Crippen LogP contribution < -0.4 is 0 Å². The number of carbonyl (C=O) groups is 1. The molecule has 1 aromatic heterocycles. The van der Waals surface area contributed by atoms with Crippen molar-refractivity contribution in [2.24, 2.45) is 0 Å². The summed E-state index contributed by atoms with van der Waals surface area (Å²) >= 11 is 1.48. The minimum Gasteiger partial charge on any atom is -0.478 e. The Bertz CT molecular complexity index is 532. The number of carboxylic acid groups (broad SMARTS) is 1. The van der Waals surface area contributed by atoms with E-state index in [0.29, 0.717) is 5.56 Å². The molecule has 0 unspecified atom stereocenters. The summed E-state index contributed by atoms with van der Waals surface area (Å²) in [4.78, 5) is 15.2. The first-order valence-corrected chi connectivity index (χ1v) is 5.55. The van der Waals surface area contributed by atoms with Crippen molar-refractivity contribution in [2.75, 3.05) is 0 Å². The lowest BCUT2D eigenvalue weighted by Gasteiger charge is -2.06. The van der Waals surface area contributed by atoms with Gasteiger partial charge in [-0.3, -0.25) is 0 Å². The minimum atomic E-state index is -0.952. The van der Waals surface area contributed by atoms with Crippen molar-refractivity contribution in [1.29, 1.82) is 0 Å². The Kier molecular flexibility index (Phi) is 2.83. The lowest BCUT2D eigenvalue weighted by Crippen LogP contribution is -2.00. The van der Waals surface area contributed by atoms with E-state index in [9.17, 15) is 4.79 Å². The fraction of sp³-hybridized carbons (Fsp3) is 0. The van der Waals surface area contributed by atoms with Crippen molar-refractivity contribution in [3.63, 3.8) is 0 Å². The summed E-state index contributed by atoms with van der Waals surface area (Å²) in [7, 11) is 0. The maximum Gasteiger partial charge on any atom is 0.336 e. The van der Waals surface area contributed by atoms with Gasteiger partial charge in [-0.1, -0.05) is 24.8 Å². The molecule has 0 aliphatic rings. The molecule has 0 spiro atoms. The quantitative estimate of drug-likeness (QED) is 0.882. The lowest BCUT2D eigenvalue weighted by atomic mass is 9.99. The third kappa shape index (κ3) is 1.75. The average Bonchev–Trinajstić information content (AvgIpc) is 2.81. The number of aromatic carboxylic acids is 1. The number of hydrogen-bond acceptors (Lipinski definition) is 3. The van der Waals surface area contributed by atoms with Gasteiger partial charge in [0.1, 0.15) is 0 Å². The molecular weight excluding hydrogens is 222 g/mol. The van der Waals surface area contributed by atoms with Gasteiger partial charge >= 0.3 is 5.97 Å². The van der Waals surface area contributed by atoms with Crippen LogP contribution in [-0.4, -0.2) is 16.1 Å². The van der Waals surface area contributed by atoms with Gasteiger partial charge in [0.25, 0.3) is 0 Å². The van der Waals surface area contributed by atoms with Crippen LogP contribution >= 0.6 is 11.3 Å². The Morgan fingerprint density at radius 2 is 2.31 bits per heavy atom. The van der Waals surface area contributed by atoms with Gasteiger partial charge in [0.05, 0.1) is 16.8 Å². The number of hydrogen-bond donors (Lipinski definition) is 1. The van der Waals surface area contributed by atoms with E-state index in [1.165, 1.54) is 11.3 Å². The molecule has 3 nitrogen and oxygen atoms in total. The standard InChI is InChI=1S/C12H9NO2S/c1-2-8-9(11-6-16-7-13-11)4-3-5-10(8)12(14)15/h2-7H,1H2,(H,14,15). The van der Waals surface area contributed by atoms with Gasteiger partial charge in [-0.25, -0.2) is 9.78 Å². The number of benzene rings is 1. The van der Waals surface area contributed by atoms with Crippen molar-refractivity contribution < 1.29 is 9.90 Å². The highest BCUT2D eigenvalue weighted by atomic mass is 32.1. The van der Waals surface area contributed by atoms with Crippen LogP contribution in [-0.2, 0) is 0 Å². The number of aromatic nitrogens is 1. The zero-order valence-corrected chi connectivity index (χ0v) is 9.20. The second-order valence-corrected chi connectivity index (χ2v) is 3.87. The number of carboxylic acids is 1. The summed E-state index contributed by atoms with van der Waals surface area (Å²) in [6, 6.07) is 5.12. The highest BCUT2D eigenvalue weighted by molar-refractivity contribution is 7.07. The van der Waals surface area contributed by atoms with E-state index in [1.807, 2.05) is 11.4 Å². The fourth-order valence-electron chi connectivity index (χ4n) is 1.54. The molecular formula is C12H9NO2S. The topological polar surface area (TPSA) is 50.2 Å². The zero-order valence-electron chi connectivity index (χ0n) is 8.38. The van der Waals surface area contributed by atoms with Gasteiger partial charge in [-0.15, -0.1) is 11.3 Å². The summed E-state index contributed by atoms with van der Waals surface area (Å²) < 4.78 is 0. The van der Waals surface area contributed by atoms with Crippen LogP contribution in [0.5, 0.6) is 0 Å². The normalized spacial score (nSPS) is 10.0. The van der Waals surface area contributed by atoms with Gasteiger partial charge in [0.2, 0.25) is 0 Å². The first-order chi connectivity index (χ1) is 7.74. The first-order valence-electron chi connectivity index (χ1n) is 4.61. The molecule has 2 rings (SSSR count). The molecule has 0 aliphatic heterocycles. The van der Waals surface area contributed by atoms with Crippen LogP contribution in [0.25, 0.3) is 17.3 Å². The van der Waals surface area contributed by atoms with E-state index in [1.54, 1.807) is 23.7 Å². The van der Waals surface area contributed by atoms with Crippen LogP contribution in [0.3, 0.4) is 0 Å². The zero-order chi connectivity index (χ0) is 11.5. The Labute approximate surface area is 96.7 Å². The third-order valence-electron chi connectivity index (χ3n) is 2.25. The maximum absolute atomic E-state index is 11.0. The molecule has 0 saturated heterocycles. The highest BCUT2D eigenvalue weighted by Crippen LogP contribution is 2.27. The van der Waals surface area contributed by atoms with Gasteiger partial charge in [0.15, 0.2) is 0 Å². The van der Waals surface area contributed by atoms with E-state index in [0.717, 1.165) is 11.3 Å². The average molecular weight is 231 g/mol. The van der Waals surface area contributed by atoms with Gasteiger partial charge < -0.3 is 5.11 Å². The third-order valence-corrected chi connectivity index (χ3v) is 2.84. The largest absolute Gasteiger partial charge is 0.478 e. The first kappa shape index (κ1) is 10.6. The fourth-order valence-corrected chi connectivity index (χ4v) is 2.09. The summed E-state index contributed by atoms with van der Waals surface area (Å²) in [5.74, 6) is -0.952. The molecule has 0 saturated carbocycles. The van der Waals surface area contributed by atoms with Crippen LogP contribution in [0.1, 0.15) is 15.9 Å². The van der Waals surface area contributed by atoms with Crippen LogP contribution in [0, 0.1) is 0 Å². The van der Waals surface area contributed by atoms with Gasteiger partial charge in [-0.05, 0) is 11.6 Å². The molecule has 0 bridgehead atoms. The van der Waals surface area contributed by atoms with Crippen LogP contribution in [0.4, 0.5) is 0 Å². The Balaban J connectivity index is 2.67. The van der Waals surface area contributed by atoms with Gasteiger partial charge in [-0.2, -0.15) is 0 Å². The number of nitrogens with zero attached hydrogens (tertiary/aromatic N) is 1. The van der Waals surface area contributed by atoms with Crippen LogP contribution in [0.15, 0.2) is 35.7 Å². The van der Waals surface area contributed by atoms with Crippen LogP contribution in [0.2, 0.25) is 0 Å². The number of thiazole rings is 1. The summed E-state index contributed by atoms with van der Waals surface area (Å²) in [5.41, 5.74) is 4.16. The number of rotatable bonds is 3. The van der Waals surface area contributed by atoms with Crippen molar-refractivity contribution in [2.45, 2.75) is 0 Å². The molecule has 80 valence electrons. The van der Waals surface area contributed by atoms with Gasteiger partial charge in [0, 0.05) is 10.9 Å². The molecule has 16 heavy (non-hydrogen) atoms. The predicted octanol–water partition coefficient (Wildman–Crippen LogP) is 3.15. The van der Waals surface area contributed by atoms with Crippen molar-refractivity contribution in [3.05, 3.63) is 46.8 Å². The molecule has 4 heteroatoms. The summed E-state index contributed by atoms with van der Waals surface area (Å²) in [6.45, 7) is 3.66. The smallest absolute Gasteiger partial charge is 0.336 e. The Morgan fingerprint density at radius 1 is 1.50 bits per heavy atom. The molecule has 0 radical (unpaired) electrons. The van der Waals surface area contributed by atoms with E-state index < -0.39 is 5.97 Å². The van der Waals surface area contributed by atoms with Crippen molar-refractivity contribution >= 4 is 23.4 Å². The summed E-state index contributed by atoms with van der Waals surface area (Å²) in [6.07, 6.45) is 1.55. The van der Waals surface area contributed by atoms with E-state index in [4.69, 9.17) is 5.11 Å². The second-order valence-electron chi connectivity index (χ2n) is 3.15. The SMILES string of the molecule is C=Cc1c(C(=O)O)cccc1-c1cscn1. The molecule has 0 aliphatic carbocycles. The molecule has 0 fully saturated rings.